The Balaban J connectivity index is 1.91. The first kappa shape index (κ1) is 15.2. The van der Waals surface area contributed by atoms with Crippen LogP contribution in [0.3, 0.4) is 0 Å². The van der Waals surface area contributed by atoms with Crippen LogP contribution in [-0.4, -0.2) is 20.3 Å². The zero-order chi connectivity index (χ0) is 14.4. The number of benzene rings is 1. The van der Waals surface area contributed by atoms with Gasteiger partial charge in [0.2, 0.25) is 0 Å². The van der Waals surface area contributed by atoms with Gasteiger partial charge in [0.1, 0.15) is 6.54 Å². The molecule has 0 aromatic heterocycles. The molecule has 0 aliphatic heterocycles. The van der Waals surface area contributed by atoms with E-state index < -0.39 is 0 Å². The van der Waals surface area contributed by atoms with Gasteiger partial charge in [0.25, 0.3) is 0 Å². The standard InChI is InChI=1S/C17H27NO2/c1-4-13-8-10-15(11-9-13)18-12-14-6-5-7-16(19-2)17(14)20-3/h5-7,13,15,18H,4,8-12H2,1-3H3/p+1. The Labute approximate surface area is 122 Å². The summed E-state index contributed by atoms with van der Waals surface area (Å²) in [5.74, 6) is 2.67. The minimum absolute atomic E-state index is 0.772. The molecule has 3 nitrogen and oxygen atoms in total. The number of quaternary nitrogens is 1. The molecular weight excluding hydrogens is 250 g/mol. The SMILES string of the molecule is CCC1CCC([NH2+]Cc2cccc(OC)c2OC)CC1. The Morgan fingerprint density at radius 1 is 1.10 bits per heavy atom. The summed E-state index contributed by atoms with van der Waals surface area (Å²) < 4.78 is 10.9. The van der Waals surface area contributed by atoms with Crippen LogP contribution in [0.4, 0.5) is 0 Å². The lowest BCUT2D eigenvalue weighted by Crippen LogP contribution is -2.88. The van der Waals surface area contributed by atoms with Crippen molar-refractivity contribution in [1.29, 1.82) is 0 Å². The highest BCUT2D eigenvalue weighted by Crippen LogP contribution is 2.30. The van der Waals surface area contributed by atoms with E-state index in [0.717, 1.165) is 30.0 Å². The second-order valence-corrected chi connectivity index (χ2v) is 5.78. The third-order valence-electron chi connectivity index (χ3n) is 4.62. The van der Waals surface area contributed by atoms with Crippen LogP contribution in [0.1, 0.15) is 44.6 Å². The molecule has 0 heterocycles. The van der Waals surface area contributed by atoms with Crippen molar-refractivity contribution in [3.05, 3.63) is 23.8 Å². The van der Waals surface area contributed by atoms with Gasteiger partial charge in [-0.1, -0.05) is 19.4 Å². The molecule has 1 aliphatic carbocycles. The molecular formula is C17H28NO2+. The number of para-hydroxylation sites is 1. The number of hydrogen-bond donors (Lipinski definition) is 1. The summed E-state index contributed by atoms with van der Waals surface area (Å²) in [6.07, 6.45) is 6.84. The zero-order valence-corrected chi connectivity index (χ0v) is 13.0. The average Bonchev–Trinajstić information content (AvgIpc) is 2.52. The lowest BCUT2D eigenvalue weighted by molar-refractivity contribution is -0.707. The topological polar surface area (TPSA) is 35.1 Å². The predicted molar refractivity (Wildman–Crippen MR) is 81.2 cm³/mol. The summed E-state index contributed by atoms with van der Waals surface area (Å²) in [6.45, 7) is 3.29. The molecule has 0 unspecified atom stereocenters. The Kier molecular flexibility index (Phi) is 5.72. The zero-order valence-electron chi connectivity index (χ0n) is 13.0. The van der Waals surface area contributed by atoms with Crippen molar-refractivity contribution in [2.75, 3.05) is 14.2 Å². The summed E-state index contributed by atoms with van der Waals surface area (Å²) in [6, 6.07) is 6.90. The molecule has 2 N–H and O–H groups in total. The summed E-state index contributed by atoms with van der Waals surface area (Å²) >= 11 is 0. The first-order chi connectivity index (χ1) is 9.78. The van der Waals surface area contributed by atoms with Gasteiger partial charge in [-0.3, -0.25) is 0 Å². The molecule has 1 saturated carbocycles. The summed E-state index contributed by atoms with van der Waals surface area (Å²) in [7, 11) is 3.41. The van der Waals surface area contributed by atoms with Crippen molar-refractivity contribution in [2.24, 2.45) is 5.92 Å². The fraction of sp³-hybridized carbons (Fsp3) is 0.647. The molecule has 2 rings (SSSR count). The number of rotatable bonds is 6. The molecule has 112 valence electrons. The minimum Gasteiger partial charge on any atom is -0.493 e. The van der Waals surface area contributed by atoms with Gasteiger partial charge in [0.05, 0.1) is 25.8 Å². The van der Waals surface area contributed by atoms with Crippen LogP contribution in [0.25, 0.3) is 0 Å². The highest BCUT2D eigenvalue weighted by Gasteiger charge is 2.22. The fourth-order valence-corrected chi connectivity index (χ4v) is 3.24. The van der Waals surface area contributed by atoms with Crippen LogP contribution >= 0.6 is 0 Å². The molecule has 0 saturated heterocycles. The largest absolute Gasteiger partial charge is 0.493 e. The fourth-order valence-electron chi connectivity index (χ4n) is 3.24. The second kappa shape index (κ2) is 7.53. The number of nitrogens with two attached hydrogens (primary N) is 1. The van der Waals surface area contributed by atoms with Crippen molar-refractivity contribution in [1.82, 2.24) is 0 Å². The molecule has 1 fully saturated rings. The quantitative estimate of drug-likeness (QED) is 0.868. The number of hydrogen-bond acceptors (Lipinski definition) is 2. The first-order valence-corrected chi connectivity index (χ1v) is 7.81. The van der Waals surface area contributed by atoms with E-state index in [1.807, 2.05) is 12.1 Å². The molecule has 0 radical (unpaired) electrons. The molecule has 0 atom stereocenters. The van der Waals surface area contributed by atoms with E-state index in [1.165, 1.54) is 37.7 Å². The molecule has 0 bridgehead atoms. The molecule has 1 aliphatic rings. The highest BCUT2D eigenvalue weighted by molar-refractivity contribution is 5.46. The van der Waals surface area contributed by atoms with E-state index >= 15 is 0 Å². The van der Waals surface area contributed by atoms with Gasteiger partial charge in [0.15, 0.2) is 11.5 Å². The van der Waals surface area contributed by atoms with E-state index in [9.17, 15) is 0 Å². The smallest absolute Gasteiger partial charge is 0.169 e. The van der Waals surface area contributed by atoms with E-state index in [0.29, 0.717) is 0 Å². The second-order valence-electron chi connectivity index (χ2n) is 5.78. The number of methoxy groups -OCH3 is 2. The Bertz CT molecular complexity index is 411. The summed E-state index contributed by atoms with van der Waals surface area (Å²) in [5.41, 5.74) is 1.23. The molecule has 3 heteroatoms. The lowest BCUT2D eigenvalue weighted by Gasteiger charge is -2.26. The maximum absolute atomic E-state index is 5.50. The minimum atomic E-state index is 0.772. The lowest BCUT2D eigenvalue weighted by atomic mass is 9.84. The normalized spacial score (nSPS) is 22.6. The van der Waals surface area contributed by atoms with Gasteiger partial charge in [0, 0.05) is 0 Å². The van der Waals surface area contributed by atoms with Gasteiger partial charge >= 0.3 is 0 Å². The Hall–Kier alpha value is -1.22. The average molecular weight is 278 g/mol. The maximum Gasteiger partial charge on any atom is 0.169 e. The molecule has 1 aromatic carbocycles. The highest BCUT2D eigenvalue weighted by atomic mass is 16.5. The third-order valence-corrected chi connectivity index (χ3v) is 4.62. The third kappa shape index (κ3) is 3.66. The van der Waals surface area contributed by atoms with Gasteiger partial charge < -0.3 is 14.8 Å². The summed E-state index contributed by atoms with van der Waals surface area (Å²) in [5, 5.41) is 2.48. The van der Waals surface area contributed by atoms with Crippen molar-refractivity contribution in [3.8, 4) is 11.5 Å². The maximum atomic E-state index is 5.50. The first-order valence-electron chi connectivity index (χ1n) is 7.81. The Morgan fingerprint density at radius 3 is 2.45 bits per heavy atom. The summed E-state index contributed by atoms with van der Waals surface area (Å²) in [4.78, 5) is 0. The molecule has 0 spiro atoms. The van der Waals surface area contributed by atoms with Gasteiger partial charge in [-0.05, 0) is 43.7 Å². The van der Waals surface area contributed by atoms with Crippen LogP contribution in [0.15, 0.2) is 18.2 Å². The van der Waals surface area contributed by atoms with Crippen molar-refractivity contribution in [2.45, 2.75) is 51.6 Å². The van der Waals surface area contributed by atoms with Crippen LogP contribution in [-0.2, 0) is 6.54 Å². The van der Waals surface area contributed by atoms with Crippen LogP contribution in [0, 0.1) is 5.92 Å². The monoisotopic (exact) mass is 278 g/mol. The van der Waals surface area contributed by atoms with E-state index in [2.05, 4.69) is 18.3 Å². The van der Waals surface area contributed by atoms with Crippen molar-refractivity contribution in [3.63, 3.8) is 0 Å². The van der Waals surface area contributed by atoms with Crippen LogP contribution < -0.4 is 14.8 Å². The van der Waals surface area contributed by atoms with Crippen LogP contribution in [0.5, 0.6) is 11.5 Å². The van der Waals surface area contributed by atoms with E-state index in [4.69, 9.17) is 9.47 Å². The number of ether oxygens (including phenoxy) is 2. The Morgan fingerprint density at radius 2 is 1.85 bits per heavy atom. The van der Waals surface area contributed by atoms with Crippen molar-refractivity contribution < 1.29 is 14.8 Å². The predicted octanol–water partition coefficient (Wildman–Crippen LogP) is 2.74. The van der Waals surface area contributed by atoms with Crippen LogP contribution in [0.2, 0.25) is 0 Å². The van der Waals surface area contributed by atoms with Gasteiger partial charge in [-0.25, -0.2) is 0 Å². The van der Waals surface area contributed by atoms with Gasteiger partial charge in [-0.15, -0.1) is 0 Å². The molecule has 1 aromatic rings. The van der Waals surface area contributed by atoms with E-state index in [-0.39, 0.29) is 0 Å². The van der Waals surface area contributed by atoms with Crippen molar-refractivity contribution >= 4 is 0 Å². The van der Waals surface area contributed by atoms with E-state index in [1.54, 1.807) is 14.2 Å². The van der Waals surface area contributed by atoms with Gasteiger partial charge in [-0.2, -0.15) is 0 Å². The molecule has 0 amide bonds. The molecule has 20 heavy (non-hydrogen) atoms.